The number of aryl methyl sites for hydroxylation is 1. The summed E-state index contributed by atoms with van der Waals surface area (Å²) in [5, 5.41) is 8.90. The molecular formula is C14H18Cl2N4. The topological polar surface area (TPSA) is 42.7 Å². The van der Waals surface area contributed by atoms with E-state index in [4.69, 9.17) is 23.2 Å². The minimum absolute atomic E-state index is 0.0565. The van der Waals surface area contributed by atoms with Gasteiger partial charge in [-0.15, -0.1) is 0 Å². The third-order valence-corrected chi connectivity index (χ3v) is 3.78. The molecule has 0 saturated heterocycles. The molecule has 0 radical (unpaired) electrons. The lowest BCUT2D eigenvalue weighted by Crippen LogP contribution is -2.21. The zero-order valence-electron chi connectivity index (χ0n) is 11.6. The summed E-state index contributed by atoms with van der Waals surface area (Å²) >= 11 is 12.3. The smallest absolute Gasteiger partial charge is 0.138 e. The molecule has 20 heavy (non-hydrogen) atoms. The molecule has 0 aliphatic carbocycles. The van der Waals surface area contributed by atoms with Gasteiger partial charge < -0.3 is 5.32 Å². The highest BCUT2D eigenvalue weighted by molar-refractivity contribution is 6.33. The van der Waals surface area contributed by atoms with Gasteiger partial charge in [0.05, 0.1) is 0 Å². The van der Waals surface area contributed by atoms with E-state index in [0.717, 1.165) is 30.8 Å². The Hall–Kier alpha value is -1.10. The van der Waals surface area contributed by atoms with Crippen LogP contribution in [-0.4, -0.2) is 21.8 Å². The number of aromatic nitrogens is 3. The standard InChI is InChI=1S/C14H18Cl2N4/c1-3-6-20-14(18-9-19-20)8-13(17-2)11-7-10(15)4-5-12(11)16/h4-5,7,9,13,17H,3,6,8H2,1-2H3. The molecule has 1 heterocycles. The lowest BCUT2D eigenvalue weighted by Gasteiger charge is -2.18. The SMILES string of the molecule is CCCn1ncnc1CC(NC)c1cc(Cl)ccc1Cl. The first kappa shape index (κ1) is 15.3. The maximum absolute atomic E-state index is 6.27. The fourth-order valence-corrected chi connectivity index (χ4v) is 2.61. The van der Waals surface area contributed by atoms with Gasteiger partial charge in [-0.3, -0.25) is 4.68 Å². The summed E-state index contributed by atoms with van der Waals surface area (Å²) in [6.45, 7) is 2.99. The molecule has 1 unspecified atom stereocenters. The molecule has 2 aromatic rings. The van der Waals surface area contributed by atoms with Gasteiger partial charge in [0.25, 0.3) is 0 Å². The van der Waals surface area contributed by atoms with Crippen LogP contribution in [0.4, 0.5) is 0 Å². The predicted octanol–water partition coefficient (Wildman–Crippen LogP) is 3.50. The molecule has 6 heteroatoms. The average Bonchev–Trinajstić information content (AvgIpc) is 2.87. The normalized spacial score (nSPS) is 12.6. The van der Waals surface area contributed by atoms with Crippen molar-refractivity contribution in [3.8, 4) is 0 Å². The second kappa shape index (κ2) is 7.07. The third kappa shape index (κ3) is 3.51. The maximum atomic E-state index is 6.27. The highest BCUT2D eigenvalue weighted by Crippen LogP contribution is 2.28. The van der Waals surface area contributed by atoms with Crippen LogP contribution in [-0.2, 0) is 13.0 Å². The quantitative estimate of drug-likeness (QED) is 0.887. The molecule has 0 saturated carbocycles. The molecule has 1 aromatic carbocycles. The minimum Gasteiger partial charge on any atom is -0.313 e. The Morgan fingerprint density at radius 2 is 2.15 bits per heavy atom. The van der Waals surface area contributed by atoms with Crippen LogP contribution < -0.4 is 5.32 Å². The molecule has 1 atom stereocenters. The summed E-state index contributed by atoms with van der Waals surface area (Å²) < 4.78 is 1.93. The summed E-state index contributed by atoms with van der Waals surface area (Å²) in [7, 11) is 1.91. The zero-order chi connectivity index (χ0) is 14.5. The van der Waals surface area contributed by atoms with Gasteiger partial charge in [0, 0.05) is 29.1 Å². The lowest BCUT2D eigenvalue weighted by atomic mass is 10.0. The van der Waals surface area contributed by atoms with Gasteiger partial charge in [0.1, 0.15) is 12.2 Å². The first-order valence-corrected chi connectivity index (χ1v) is 7.40. The molecule has 2 rings (SSSR count). The number of hydrogen-bond acceptors (Lipinski definition) is 3. The third-order valence-electron chi connectivity index (χ3n) is 3.20. The van der Waals surface area contributed by atoms with Crippen molar-refractivity contribution in [2.45, 2.75) is 32.4 Å². The van der Waals surface area contributed by atoms with Crippen molar-refractivity contribution in [2.75, 3.05) is 7.05 Å². The Balaban J connectivity index is 2.24. The number of nitrogens with one attached hydrogen (secondary N) is 1. The molecule has 1 aromatic heterocycles. The summed E-state index contributed by atoms with van der Waals surface area (Å²) in [5.41, 5.74) is 0.979. The first-order chi connectivity index (χ1) is 9.65. The van der Waals surface area contributed by atoms with Crippen LogP contribution >= 0.6 is 23.2 Å². The number of rotatable bonds is 6. The molecule has 1 N–H and O–H groups in total. The van der Waals surface area contributed by atoms with E-state index in [0.29, 0.717) is 10.0 Å². The molecule has 4 nitrogen and oxygen atoms in total. The van der Waals surface area contributed by atoms with Crippen LogP contribution in [0.1, 0.15) is 30.8 Å². The van der Waals surface area contributed by atoms with E-state index in [9.17, 15) is 0 Å². The molecule has 108 valence electrons. The van der Waals surface area contributed by atoms with Crippen molar-refractivity contribution < 1.29 is 0 Å². The van der Waals surface area contributed by atoms with E-state index in [1.54, 1.807) is 12.4 Å². The average molecular weight is 313 g/mol. The zero-order valence-corrected chi connectivity index (χ0v) is 13.1. The Morgan fingerprint density at radius 1 is 1.35 bits per heavy atom. The number of hydrogen-bond donors (Lipinski definition) is 1. The Kier molecular flexibility index (Phi) is 5.40. The number of likely N-dealkylation sites (N-methyl/N-ethyl adjacent to an activating group) is 1. The maximum Gasteiger partial charge on any atom is 0.138 e. The predicted molar refractivity (Wildman–Crippen MR) is 82.3 cm³/mol. The molecular weight excluding hydrogens is 295 g/mol. The second-order valence-electron chi connectivity index (χ2n) is 4.61. The molecule has 0 bridgehead atoms. The van der Waals surface area contributed by atoms with Crippen LogP contribution in [0.3, 0.4) is 0 Å². The van der Waals surface area contributed by atoms with Gasteiger partial charge in [-0.25, -0.2) is 4.98 Å². The van der Waals surface area contributed by atoms with E-state index in [1.807, 2.05) is 23.9 Å². The Bertz CT molecular complexity index is 568. The van der Waals surface area contributed by atoms with Crippen LogP contribution in [0.2, 0.25) is 10.0 Å². The Labute approximate surface area is 129 Å². The monoisotopic (exact) mass is 312 g/mol. The van der Waals surface area contributed by atoms with E-state index in [2.05, 4.69) is 22.3 Å². The molecule has 0 spiro atoms. The number of nitrogens with zero attached hydrogens (tertiary/aromatic N) is 3. The fraction of sp³-hybridized carbons (Fsp3) is 0.429. The van der Waals surface area contributed by atoms with E-state index < -0.39 is 0 Å². The van der Waals surface area contributed by atoms with Gasteiger partial charge in [0.15, 0.2) is 0 Å². The van der Waals surface area contributed by atoms with E-state index in [-0.39, 0.29) is 6.04 Å². The van der Waals surface area contributed by atoms with Crippen molar-refractivity contribution >= 4 is 23.2 Å². The van der Waals surface area contributed by atoms with Crippen molar-refractivity contribution in [3.05, 3.63) is 46.0 Å². The molecule has 0 amide bonds. The lowest BCUT2D eigenvalue weighted by molar-refractivity contribution is 0.517. The van der Waals surface area contributed by atoms with Gasteiger partial charge in [0.2, 0.25) is 0 Å². The largest absolute Gasteiger partial charge is 0.313 e. The number of benzene rings is 1. The molecule has 0 aliphatic rings. The minimum atomic E-state index is 0.0565. The number of halogens is 2. The summed E-state index contributed by atoms with van der Waals surface area (Å²) in [6, 6.07) is 5.56. The first-order valence-electron chi connectivity index (χ1n) is 6.64. The van der Waals surface area contributed by atoms with Crippen LogP contribution in [0.15, 0.2) is 24.5 Å². The van der Waals surface area contributed by atoms with Gasteiger partial charge in [-0.1, -0.05) is 30.1 Å². The van der Waals surface area contributed by atoms with Crippen LogP contribution in [0, 0.1) is 0 Å². The highest BCUT2D eigenvalue weighted by Gasteiger charge is 2.17. The van der Waals surface area contributed by atoms with Crippen LogP contribution in [0.25, 0.3) is 0 Å². The van der Waals surface area contributed by atoms with Crippen molar-refractivity contribution in [1.29, 1.82) is 0 Å². The van der Waals surface area contributed by atoms with Gasteiger partial charge in [-0.2, -0.15) is 5.10 Å². The summed E-state index contributed by atoms with van der Waals surface area (Å²) in [5.74, 6) is 0.947. The van der Waals surface area contributed by atoms with E-state index >= 15 is 0 Å². The van der Waals surface area contributed by atoms with Crippen molar-refractivity contribution in [2.24, 2.45) is 0 Å². The van der Waals surface area contributed by atoms with Crippen molar-refractivity contribution in [1.82, 2.24) is 20.1 Å². The van der Waals surface area contributed by atoms with E-state index in [1.165, 1.54) is 0 Å². The highest BCUT2D eigenvalue weighted by atomic mass is 35.5. The fourth-order valence-electron chi connectivity index (χ4n) is 2.18. The second-order valence-corrected chi connectivity index (χ2v) is 5.45. The van der Waals surface area contributed by atoms with Crippen LogP contribution in [0.5, 0.6) is 0 Å². The summed E-state index contributed by atoms with van der Waals surface area (Å²) in [6.07, 6.45) is 3.34. The van der Waals surface area contributed by atoms with Crippen molar-refractivity contribution in [3.63, 3.8) is 0 Å². The summed E-state index contributed by atoms with van der Waals surface area (Å²) in [4.78, 5) is 4.34. The van der Waals surface area contributed by atoms with Gasteiger partial charge >= 0.3 is 0 Å². The molecule has 0 fully saturated rings. The Morgan fingerprint density at radius 3 is 2.85 bits per heavy atom. The van der Waals surface area contributed by atoms with Gasteiger partial charge in [-0.05, 0) is 37.2 Å². The molecule has 0 aliphatic heterocycles.